The van der Waals surface area contributed by atoms with Crippen molar-refractivity contribution < 1.29 is 9.32 Å². The van der Waals surface area contributed by atoms with Gasteiger partial charge in [-0.05, 0) is 19.1 Å². The Kier molecular flexibility index (Phi) is 4.72. The molecule has 8 nitrogen and oxygen atoms in total. The van der Waals surface area contributed by atoms with Gasteiger partial charge >= 0.3 is 0 Å². The lowest BCUT2D eigenvalue weighted by molar-refractivity contribution is -0.117. The van der Waals surface area contributed by atoms with Crippen LogP contribution in [0.4, 0.5) is 11.5 Å². The second-order valence-corrected chi connectivity index (χ2v) is 5.65. The Bertz CT molecular complexity index is 741. The second-order valence-electron chi connectivity index (χ2n) is 5.65. The van der Waals surface area contributed by atoms with Gasteiger partial charge in [-0.25, -0.2) is 4.98 Å². The summed E-state index contributed by atoms with van der Waals surface area (Å²) in [6.45, 7) is 5.29. The molecule has 124 valence electrons. The third-order valence-electron chi connectivity index (χ3n) is 3.86. The first-order valence-electron chi connectivity index (χ1n) is 7.70. The van der Waals surface area contributed by atoms with E-state index in [0.29, 0.717) is 23.8 Å². The van der Waals surface area contributed by atoms with Gasteiger partial charge in [0.05, 0.1) is 18.4 Å². The Hall–Kier alpha value is -2.92. The Morgan fingerprint density at radius 2 is 2.17 bits per heavy atom. The molecule has 3 rings (SSSR count). The van der Waals surface area contributed by atoms with Crippen LogP contribution < -0.4 is 10.2 Å². The molecule has 0 aromatic carbocycles. The molecular weight excluding hydrogens is 308 g/mol. The normalized spacial score (nSPS) is 15.1. The van der Waals surface area contributed by atoms with Gasteiger partial charge in [-0.3, -0.25) is 9.69 Å². The number of nitriles is 1. The van der Waals surface area contributed by atoms with E-state index in [1.807, 2.05) is 12.1 Å². The molecule has 2 aromatic heterocycles. The minimum atomic E-state index is -0.100. The molecule has 1 amide bonds. The molecule has 1 aliphatic rings. The molecule has 1 N–H and O–H groups in total. The van der Waals surface area contributed by atoms with Gasteiger partial charge in [0.15, 0.2) is 5.82 Å². The summed E-state index contributed by atoms with van der Waals surface area (Å²) in [7, 11) is 0. The van der Waals surface area contributed by atoms with E-state index in [-0.39, 0.29) is 5.91 Å². The highest BCUT2D eigenvalue weighted by Gasteiger charge is 2.20. The molecule has 24 heavy (non-hydrogen) atoms. The molecular formula is C16H18N6O2. The van der Waals surface area contributed by atoms with E-state index in [4.69, 9.17) is 9.78 Å². The third-order valence-corrected chi connectivity index (χ3v) is 3.86. The molecule has 1 saturated heterocycles. The second kappa shape index (κ2) is 7.10. The molecule has 0 aliphatic carbocycles. The molecule has 8 heteroatoms. The van der Waals surface area contributed by atoms with Crippen molar-refractivity contribution in [3.05, 3.63) is 35.9 Å². The van der Waals surface area contributed by atoms with Crippen molar-refractivity contribution >= 4 is 17.4 Å². The summed E-state index contributed by atoms with van der Waals surface area (Å²) in [5, 5.41) is 15.3. The van der Waals surface area contributed by atoms with E-state index in [1.165, 1.54) is 0 Å². The number of nitrogens with zero attached hydrogens (tertiary/aromatic N) is 5. The smallest absolute Gasteiger partial charge is 0.239 e. The van der Waals surface area contributed by atoms with E-state index in [9.17, 15) is 4.79 Å². The Balaban J connectivity index is 1.47. The average molecular weight is 326 g/mol. The fourth-order valence-corrected chi connectivity index (χ4v) is 2.61. The third kappa shape index (κ3) is 3.88. The topological polar surface area (TPSA) is 98.3 Å². The van der Waals surface area contributed by atoms with Crippen LogP contribution in [0.1, 0.15) is 11.5 Å². The van der Waals surface area contributed by atoms with Crippen LogP contribution in [-0.4, -0.2) is 53.7 Å². The van der Waals surface area contributed by atoms with Gasteiger partial charge in [0.1, 0.15) is 17.5 Å². The molecule has 0 saturated carbocycles. The highest BCUT2D eigenvalue weighted by molar-refractivity contribution is 5.91. The van der Waals surface area contributed by atoms with Gasteiger partial charge in [-0.2, -0.15) is 5.26 Å². The lowest BCUT2D eigenvalue weighted by Crippen LogP contribution is -2.48. The number of aryl methyl sites for hydroxylation is 1. The zero-order chi connectivity index (χ0) is 16.9. The minimum absolute atomic E-state index is 0.100. The Morgan fingerprint density at radius 3 is 2.75 bits per heavy atom. The summed E-state index contributed by atoms with van der Waals surface area (Å²) in [5.74, 6) is 1.01. The molecule has 1 aliphatic heterocycles. The van der Waals surface area contributed by atoms with Gasteiger partial charge < -0.3 is 14.7 Å². The van der Waals surface area contributed by atoms with Crippen molar-refractivity contribution in [3.63, 3.8) is 0 Å². The molecule has 0 bridgehead atoms. The Labute approximate surface area is 139 Å². The van der Waals surface area contributed by atoms with Crippen molar-refractivity contribution in [1.82, 2.24) is 15.0 Å². The van der Waals surface area contributed by atoms with E-state index >= 15 is 0 Å². The van der Waals surface area contributed by atoms with E-state index in [0.717, 1.165) is 31.9 Å². The first-order chi connectivity index (χ1) is 11.6. The van der Waals surface area contributed by atoms with E-state index in [2.05, 4.69) is 25.3 Å². The largest absolute Gasteiger partial charge is 0.368 e. The molecule has 1 fully saturated rings. The first kappa shape index (κ1) is 16.0. The lowest BCUT2D eigenvalue weighted by atomic mass is 10.2. The maximum atomic E-state index is 12.0. The number of aromatic nitrogens is 2. The van der Waals surface area contributed by atoms with Gasteiger partial charge in [-0.15, -0.1) is 0 Å². The van der Waals surface area contributed by atoms with Gasteiger partial charge in [0.2, 0.25) is 5.91 Å². The molecule has 3 heterocycles. The van der Waals surface area contributed by atoms with Crippen molar-refractivity contribution in [2.24, 2.45) is 0 Å². The summed E-state index contributed by atoms with van der Waals surface area (Å²) >= 11 is 0. The maximum Gasteiger partial charge on any atom is 0.239 e. The number of piperazine rings is 1. The number of carbonyl (C=O) groups is 1. The Morgan fingerprint density at radius 1 is 1.38 bits per heavy atom. The highest BCUT2D eigenvalue weighted by atomic mass is 16.5. The summed E-state index contributed by atoms with van der Waals surface area (Å²) in [4.78, 5) is 20.4. The predicted octanol–water partition coefficient (Wildman–Crippen LogP) is 1.01. The fraction of sp³-hybridized carbons (Fsp3) is 0.375. The number of pyridine rings is 1. The molecule has 0 radical (unpaired) electrons. The summed E-state index contributed by atoms with van der Waals surface area (Å²) in [6.07, 6.45) is 1.72. The zero-order valence-electron chi connectivity index (χ0n) is 13.4. The number of rotatable bonds is 4. The van der Waals surface area contributed by atoms with Crippen LogP contribution in [0.25, 0.3) is 0 Å². The van der Waals surface area contributed by atoms with E-state index < -0.39 is 0 Å². The molecule has 2 aromatic rings. The number of hydrogen-bond donors (Lipinski definition) is 1. The van der Waals surface area contributed by atoms with Crippen LogP contribution in [0.15, 0.2) is 28.9 Å². The van der Waals surface area contributed by atoms with Crippen molar-refractivity contribution in [2.75, 3.05) is 42.9 Å². The quantitative estimate of drug-likeness (QED) is 0.895. The van der Waals surface area contributed by atoms with Crippen LogP contribution in [0, 0.1) is 18.3 Å². The number of amides is 1. The van der Waals surface area contributed by atoms with Gasteiger partial charge in [0.25, 0.3) is 0 Å². The first-order valence-corrected chi connectivity index (χ1v) is 7.70. The molecule has 0 unspecified atom stereocenters. The standard InChI is InChI=1S/C16H18N6O2/c1-12-8-15(20-24-12)19-16(23)11-21-4-6-22(7-5-21)14-3-2-13(9-17)18-10-14/h2-3,8,10H,4-7,11H2,1H3,(H,19,20,23). The number of hydrogen-bond acceptors (Lipinski definition) is 7. The van der Waals surface area contributed by atoms with Crippen LogP contribution in [-0.2, 0) is 4.79 Å². The number of anilines is 2. The summed E-state index contributed by atoms with van der Waals surface area (Å²) in [5.41, 5.74) is 1.41. The fourth-order valence-electron chi connectivity index (χ4n) is 2.61. The molecule has 0 spiro atoms. The van der Waals surface area contributed by atoms with Crippen LogP contribution in [0.3, 0.4) is 0 Å². The number of nitrogens with one attached hydrogen (secondary N) is 1. The SMILES string of the molecule is Cc1cc(NC(=O)CN2CCN(c3ccc(C#N)nc3)CC2)no1. The lowest BCUT2D eigenvalue weighted by Gasteiger charge is -2.35. The highest BCUT2D eigenvalue weighted by Crippen LogP contribution is 2.15. The average Bonchev–Trinajstić information content (AvgIpc) is 3.00. The number of carbonyl (C=O) groups excluding carboxylic acids is 1. The van der Waals surface area contributed by atoms with Crippen molar-refractivity contribution in [3.8, 4) is 6.07 Å². The summed E-state index contributed by atoms with van der Waals surface area (Å²) < 4.78 is 4.92. The monoisotopic (exact) mass is 326 g/mol. The minimum Gasteiger partial charge on any atom is -0.368 e. The van der Waals surface area contributed by atoms with E-state index in [1.54, 1.807) is 25.3 Å². The van der Waals surface area contributed by atoms with Crippen LogP contribution >= 0.6 is 0 Å². The van der Waals surface area contributed by atoms with Crippen molar-refractivity contribution in [1.29, 1.82) is 5.26 Å². The van der Waals surface area contributed by atoms with Gasteiger partial charge in [0, 0.05) is 32.2 Å². The molecule has 0 atom stereocenters. The van der Waals surface area contributed by atoms with Crippen molar-refractivity contribution in [2.45, 2.75) is 6.92 Å². The van der Waals surface area contributed by atoms with Gasteiger partial charge in [-0.1, -0.05) is 5.16 Å². The van der Waals surface area contributed by atoms with Crippen LogP contribution in [0.5, 0.6) is 0 Å². The predicted molar refractivity (Wildman–Crippen MR) is 87.5 cm³/mol. The van der Waals surface area contributed by atoms with Crippen LogP contribution in [0.2, 0.25) is 0 Å². The zero-order valence-corrected chi connectivity index (χ0v) is 13.4. The summed E-state index contributed by atoms with van der Waals surface area (Å²) in [6, 6.07) is 7.32. The maximum absolute atomic E-state index is 12.0.